The van der Waals surface area contributed by atoms with Gasteiger partial charge in [-0.1, -0.05) is 29.3 Å². The predicted molar refractivity (Wildman–Crippen MR) is 124 cm³/mol. The van der Waals surface area contributed by atoms with E-state index in [2.05, 4.69) is 15.3 Å². The lowest BCUT2D eigenvalue weighted by Gasteiger charge is -2.34. The van der Waals surface area contributed by atoms with E-state index in [1.165, 1.54) is 15.9 Å². The first-order valence-electron chi connectivity index (χ1n) is 10.1. The standard InChI is InChI=1S/C22H23ClFN5O2S/c1-15-3-5-17(6-4-15)26-21-13-16(2)25-22(27-21)28-9-11-29(12-10-28)32(30,31)18-7-8-20(24)19(23)14-18/h3-8,13-14H,9-12H2,1-2H3,(H,25,26,27). The van der Waals surface area contributed by atoms with Crippen molar-refractivity contribution in [1.82, 2.24) is 14.3 Å². The molecule has 0 aliphatic carbocycles. The molecule has 0 unspecified atom stereocenters. The Labute approximate surface area is 191 Å². The van der Waals surface area contributed by atoms with Crippen molar-refractivity contribution in [3.05, 3.63) is 70.6 Å². The summed E-state index contributed by atoms with van der Waals surface area (Å²) in [7, 11) is -3.77. The smallest absolute Gasteiger partial charge is 0.243 e. The third-order valence-corrected chi connectivity index (χ3v) is 7.40. The van der Waals surface area contributed by atoms with Crippen LogP contribution in [0, 0.1) is 19.7 Å². The van der Waals surface area contributed by atoms with Crippen molar-refractivity contribution in [3.8, 4) is 0 Å². The van der Waals surface area contributed by atoms with E-state index in [1.807, 2.05) is 49.1 Å². The minimum absolute atomic E-state index is 0.0197. The van der Waals surface area contributed by atoms with Gasteiger partial charge in [0.05, 0.1) is 9.92 Å². The summed E-state index contributed by atoms with van der Waals surface area (Å²) in [5, 5.41) is 3.07. The van der Waals surface area contributed by atoms with E-state index < -0.39 is 15.8 Å². The lowest BCUT2D eigenvalue weighted by atomic mass is 10.2. The number of halogens is 2. The van der Waals surface area contributed by atoms with E-state index >= 15 is 0 Å². The molecule has 10 heteroatoms. The Kier molecular flexibility index (Phi) is 6.32. The summed E-state index contributed by atoms with van der Waals surface area (Å²) in [6.07, 6.45) is 0. The van der Waals surface area contributed by atoms with Crippen LogP contribution >= 0.6 is 11.6 Å². The highest BCUT2D eigenvalue weighted by Gasteiger charge is 2.30. The number of aryl methyl sites for hydroxylation is 2. The van der Waals surface area contributed by atoms with E-state index in [4.69, 9.17) is 11.6 Å². The zero-order valence-corrected chi connectivity index (χ0v) is 19.3. The Balaban J connectivity index is 1.47. The molecule has 0 amide bonds. The van der Waals surface area contributed by atoms with E-state index in [0.29, 0.717) is 24.9 Å². The maximum absolute atomic E-state index is 13.4. The molecule has 1 aliphatic heterocycles. The molecule has 0 spiro atoms. The average molecular weight is 476 g/mol. The number of nitrogens with one attached hydrogen (secondary N) is 1. The third kappa shape index (κ3) is 4.85. The number of benzene rings is 2. The molecule has 0 radical (unpaired) electrons. The summed E-state index contributed by atoms with van der Waals surface area (Å²) in [5.74, 6) is 0.566. The van der Waals surface area contributed by atoms with Crippen molar-refractivity contribution in [2.45, 2.75) is 18.7 Å². The summed E-state index contributed by atoms with van der Waals surface area (Å²) in [5.41, 5.74) is 2.90. The van der Waals surface area contributed by atoms with Crippen molar-refractivity contribution in [2.24, 2.45) is 0 Å². The molecule has 1 fully saturated rings. The molecule has 0 saturated carbocycles. The highest BCUT2D eigenvalue weighted by atomic mass is 35.5. The fourth-order valence-corrected chi connectivity index (χ4v) is 5.15. The second-order valence-corrected chi connectivity index (χ2v) is 10.00. The molecule has 2 aromatic carbocycles. The first-order chi connectivity index (χ1) is 15.2. The van der Waals surface area contributed by atoms with Gasteiger partial charge in [-0.15, -0.1) is 0 Å². The van der Waals surface area contributed by atoms with Crippen LogP contribution in [0.4, 0.5) is 21.8 Å². The Hall–Kier alpha value is -2.75. The number of anilines is 3. The lowest BCUT2D eigenvalue weighted by Crippen LogP contribution is -2.49. The molecule has 3 aromatic rings. The van der Waals surface area contributed by atoms with Gasteiger partial charge in [-0.3, -0.25) is 0 Å². The van der Waals surface area contributed by atoms with Gasteiger partial charge in [-0.2, -0.15) is 9.29 Å². The fourth-order valence-electron chi connectivity index (χ4n) is 3.46. The first kappa shape index (κ1) is 22.4. The predicted octanol–water partition coefficient (Wildman–Crippen LogP) is 4.14. The van der Waals surface area contributed by atoms with Gasteiger partial charge >= 0.3 is 0 Å². The van der Waals surface area contributed by atoms with Crippen molar-refractivity contribution < 1.29 is 12.8 Å². The maximum Gasteiger partial charge on any atom is 0.243 e. The zero-order valence-electron chi connectivity index (χ0n) is 17.7. The van der Waals surface area contributed by atoms with Crippen LogP contribution in [-0.2, 0) is 10.0 Å². The Bertz CT molecular complexity index is 1230. The molecule has 4 rings (SSSR count). The molecular weight excluding hydrogens is 453 g/mol. The van der Waals surface area contributed by atoms with Gasteiger partial charge < -0.3 is 10.2 Å². The molecule has 1 aliphatic rings. The van der Waals surface area contributed by atoms with Crippen molar-refractivity contribution in [1.29, 1.82) is 0 Å². The zero-order chi connectivity index (χ0) is 22.9. The number of rotatable bonds is 5. The molecule has 1 N–H and O–H groups in total. The lowest BCUT2D eigenvalue weighted by molar-refractivity contribution is 0.382. The number of hydrogen-bond acceptors (Lipinski definition) is 6. The number of hydrogen-bond donors (Lipinski definition) is 1. The molecule has 7 nitrogen and oxygen atoms in total. The van der Waals surface area contributed by atoms with Gasteiger partial charge in [-0.05, 0) is 44.2 Å². The molecule has 0 atom stereocenters. The van der Waals surface area contributed by atoms with Crippen LogP contribution < -0.4 is 10.2 Å². The Morgan fingerprint density at radius 3 is 2.31 bits per heavy atom. The second-order valence-electron chi connectivity index (χ2n) is 7.65. The summed E-state index contributed by atoms with van der Waals surface area (Å²) < 4.78 is 40.6. The molecule has 2 heterocycles. The van der Waals surface area contributed by atoms with E-state index in [0.717, 1.165) is 23.5 Å². The maximum atomic E-state index is 13.4. The molecule has 168 valence electrons. The van der Waals surface area contributed by atoms with Crippen LogP contribution in [0.2, 0.25) is 5.02 Å². The van der Waals surface area contributed by atoms with E-state index in [1.54, 1.807) is 0 Å². The van der Waals surface area contributed by atoms with Crippen LogP contribution in [0.5, 0.6) is 0 Å². The largest absolute Gasteiger partial charge is 0.340 e. The molecule has 1 aromatic heterocycles. The Morgan fingerprint density at radius 2 is 1.66 bits per heavy atom. The SMILES string of the molecule is Cc1ccc(Nc2cc(C)nc(N3CCN(S(=O)(=O)c4ccc(F)c(Cl)c4)CC3)n2)cc1. The molecular formula is C22H23ClFN5O2S. The average Bonchev–Trinajstić information content (AvgIpc) is 2.77. The number of nitrogens with zero attached hydrogens (tertiary/aromatic N) is 4. The monoisotopic (exact) mass is 475 g/mol. The second kappa shape index (κ2) is 9.01. The van der Waals surface area contributed by atoms with Gasteiger partial charge in [0.25, 0.3) is 0 Å². The van der Waals surface area contributed by atoms with Gasteiger partial charge in [0, 0.05) is 43.6 Å². The van der Waals surface area contributed by atoms with Crippen LogP contribution in [-0.4, -0.2) is 48.9 Å². The van der Waals surface area contributed by atoms with Crippen molar-refractivity contribution >= 4 is 39.1 Å². The number of sulfonamides is 1. The molecule has 1 saturated heterocycles. The van der Waals surface area contributed by atoms with Crippen molar-refractivity contribution in [2.75, 3.05) is 36.4 Å². The summed E-state index contributed by atoms with van der Waals surface area (Å²) >= 11 is 5.77. The normalized spacial score (nSPS) is 15.1. The van der Waals surface area contributed by atoms with E-state index in [9.17, 15) is 12.8 Å². The van der Waals surface area contributed by atoms with Crippen LogP contribution in [0.25, 0.3) is 0 Å². The Morgan fingerprint density at radius 1 is 0.969 bits per heavy atom. The molecule has 0 bridgehead atoms. The third-order valence-electron chi connectivity index (χ3n) is 5.22. The quantitative estimate of drug-likeness (QED) is 0.597. The van der Waals surface area contributed by atoms with Crippen LogP contribution in [0.15, 0.2) is 53.4 Å². The van der Waals surface area contributed by atoms with Crippen molar-refractivity contribution in [3.63, 3.8) is 0 Å². The fraction of sp³-hybridized carbons (Fsp3) is 0.273. The van der Waals surface area contributed by atoms with Gasteiger partial charge in [-0.25, -0.2) is 17.8 Å². The number of piperazine rings is 1. The van der Waals surface area contributed by atoms with Gasteiger partial charge in [0.1, 0.15) is 11.6 Å². The minimum atomic E-state index is -3.77. The van der Waals surface area contributed by atoms with Gasteiger partial charge in [0.15, 0.2) is 0 Å². The first-order valence-corrected chi connectivity index (χ1v) is 11.9. The van der Waals surface area contributed by atoms with Gasteiger partial charge in [0.2, 0.25) is 16.0 Å². The highest BCUT2D eigenvalue weighted by molar-refractivity contribution is 7.89. The number of aromatic nitrogens is 2. The highest BCUT2D eigenvalue weighted by Crippen LogP contribution is 2.25. The minimum Gasteiger partial charge on any atom is -0.340 e. The van der Waals surface area contributed by atoms with E-state index in [-0.39, 0.29) is 23.0 Å². The van der Waals surface area contributed by atoms with Crippen LogP contribution in [0.3, 0.4) is 0 Å². The summed E-state index contributed by atoms with van der Waals surface area (Å²) in [6, 6.07) is 13.3. The van der Waals surface area contributed by atoms with Crippen LogP contribution in [0.1, 0.15) is 11.3 Å². The summed E-state index contributed by atoms with van der Waals surface area (Å²) in [6.45, 7) is 5.31. The molecule has 32 heavy (non-hydrogen) atoms. The summed E-state index contributed by atoms with van der Waals surface area (Å²) in [4.78, 5) is 11.1. The topological polar surface area (TPSA) is 78.4 Å².